The first-order valence-electron chi connectivity index (χ1n) is 11.2. The number of benzene rings is 2. The average molecular weight is 456 g/mol. The van der Waals surface area contributed by atoms with Crippen LogP contribution in [0.25, 0.3) is 0 Å². The van der Waals surface area contributed by atoms with Crippen molar-refractivity contribution in [1.29, 1.82) is 0 Å². The number of carbonyl (C=O) groups excluding carboxylic acids is 1. The van der Waals surface area contributed by atoms with Gasteiger partial charge in [0.2, 0.25) is 0 Å². The van der Waals surface area contributed by atoms with E-state index in [2.05, 4.69) is 0 Å². The second kappa shape index (κ2) is 10.8. The van der Waals surface area contributed by atoms with Crippen LogP contribution < -0.4 is 0 Å². The van der Waals surface area contributed by atoms with E-state index in [1.165, 1.54) is 4.90 Å². The van der Waals surface area contributed by atoms with Crippen molar-refractivity contribution in [3.05, 3.63) is 71.8 Å². The fourth-order valence-corrected chi connectivity index (χ4v) is 4.08. The van der Waals surface area contributed by atoms with Gasteiger partial charge in [0.25, 0.3) is 0 Å². The maximum absolute atomic E-state index is 12.9. The van der Waals surface area contributed by atoms with Crippen molar-refractivity contribution in [2.24, 2.45) is 5.92 Å². The third kappa shape index (κ3) is 7.04. The molecule has 1 heterocycles. The predicted molar refractivity (Wildman–Crippen MR) is 124 cm³/mol. The summed E-state index contributed by atoms with van der Waals surface area (Å²) in [6.45, 7) is 5.89. The molecule has 0 aromatic heterocycles. The summed E-state index contributed by atoms with van der Waals surface area (Å²) < 4.78 is 11.6. The Morgan fingerprint density at radius 3 is 2.15 bits per heavy atom. The Labute approximate surface area is 194 Å². The quantitative estimate of drug-likeness (QED) is 0.627. The van der Waals surface area contributed by atoms with Gasteiger partial charge in [-0.25, -0.2) is 4.79 Å². The van der Waals surface area contributed by atoms with Crippen molar-refractivity contribution < 1.29 is 29.3 Å². The molecule has 0 spiro atoms. The molecule has 1 amide bonds. The highest BCUT2D eigenvalue weighted by atomic mass is 16.6. The van der Waals surface area contributed by atoms with Crippen LogP contribution >= 0.6 is 0 Å². The topological polar surface area (TPSA) is 96.3 Å². The van der Waals surface area contributed by atoms with Gasteiger partial charge in [-0.05, 0) is 44.7 Å². The molecule has 1 fully saturated rings. The predicted octanol–water partition coefficient (Wildman–Crippen LogP) is 3.89. The van der Waals surface area contributed by atoms with Crippen molar-refractivity contribution >= 4 is 12.1 Å². The van der Waals surface area contributed by atoms with Crippen molar-refractivity contribution in [3.8, 4) is 0 Å². The van der Waals surface area contributed by atoms with E-state index in [0.29, 0.717) is 13.0 Å². The van der Waals surface area contributed by atoms with Gasteiger partial charge in [0, 0.05) is 0 Å². The maximum atomic E-state index is 12.9. The fraction of sp³-hybridized carbons (Fsp3) is 0.462. The molecule has 3 rings (SSSR count). The Kier molecular flexibility index (Phi) is 8.10. The Bertz CT molecular complexity index is 911. The molecule has 0 bridgehead atoms. The van der Waals surface area contributed by atoms with Crippen molar-refractivity contribution in [1.82, 2.24) is 4.90 Å². The van der Waals surface area contributed by atoms with E-state index in [9.17, 15) is 19.8 Å². The second-order valence-electron chi connectivity index (χ2n) is 9.48. The lowest BCUT2D eigenvalue weighted by atomic mass is 9.88. The SMILES string of the molecule is CC(C)(C)OC(=O)N1C[C@H](OCc2ccccc2)CC1[C@@H](O)[C@H](Cc1ccccc1)C(=O)O. The summed E-state index contributed by atoms with van der Waals surface area (Å²) in [6.07, 6.45) is -1.72. The van der Waals surface area contributed by atoms with Crippen molar-refractivity contribution in [2.75, 3.05) is 6.54 Å². The van der Waals surface area contributed by atoms with Gasteiger partial charge in [-0.2, -0.15) is 0 Å². The molecule has 1 aliphatic rings. The van der Waals surface area contributed by atoms with Gasteiger partial charge >= 0.3 is 12.1 Å². The number of amides is 1. The normalized spacial score (nSPS) is 20.3. The van der Waals surface area contributed by atoms with Gasteiger partial charge in [-0.15, -0.1) is 0 Å². The molecular formula is C26H33NO6. The first-order valence-corrected chi connectivity index (χ1v) is 11.2. The van der Waals surface area contributed by atoms with Crippen molar-refractivity contribution in [2.45, 2.75) is 64.1 Å². The Hall–Kier alpha value is -2.90. The molecular weight excluding hydrogens is 422 g/mol. The van der Waals surface area contributed by atoms with Gasteiger partial charge < -0.3 is 19.7 Å². The average Bonchev–Trinajstić information content (AvgIpc) is 3.20. The van der Waals surface area contributed by atoms with Gasteiger partial charge in [-0.1, -0.05) is 60.7 Å². The number of aliphatic hydroxyl groups is 1. The molecule has 1 saturated heterocycles. The number of rotatable bonds is 8. The standard InChI is InChI=1S/C26H33NO6/c1-26(2,3)33-25(31)27-16-20(32-17-19-12-8-5-9-13-19)15-22(27)23(28)21(24(29)30)14-18-10-6-4-7-11-18/h4-13,20-23,28H,14-17H2,1-3H3,(H,29,30)/t20-,21+,22?,23+/m1/s1. The van der Waals surface area contributed by atoms with Crippen LogP contribution in [0, 0.1) is 5.92 Å². The van der Waals surface area contributed by atoms with Crippen LogP contribution in [0.1, 0.15) is 38.3 Å². The zero-order chi connectivity index (χ0) is 24.0. The summed E-state index contributed by atoms with van der Waals surface area (Å²) in [5.74, 6) is -2.18. The van der Waals surface area contributed by atoms with Crippen LogP contribution in [0.5, 0.6) is 0 Å². The van der Waals surface area contributed by atoms with E-state index < -0.39 is 35.7 Å². The molecule has 2 aromatic rings. The number of carboxylic acids is 1. The van der Waals surface area contributed by atoms with Gasteiger partial charge in [0.15, 0.2) is 0 Å². The number of carboxylic acid groups (broad SMARTS) is 1. The molecule has 7 nitrogen and oxygen atoms in total. The first-order chi connectivity index (χ1) is 15.6. The summed E-state index contributed by atoms with van der Waals surface area (Å²) in [7, 11) is 0. The van der Waals surface area contributed by atoms with E-state index in [4.69, 9.17) is 9.47 Å². The van der Waals surface area contributed by atoms with E-state index in [-0.39, 0.29) is 19.1 Å². The molecule has 1 unspecified atom stereocenters. The minimum Gasteiger partial charge on any atom is -0.481 e. The lowest BCUT2D eigenvalue weighted by Crippen LogP contribution is -2.49. The minimum absolute atomic E-state index is 0.158. The molecule has 33 heavy (non-hydrogen) atoms. The number of ether oxygens (including phenoxy) is 2. The monoisotopic (exact) mass is 455 g/mol. The van der Waals surface area contributed by atoms with Crippen molar-refractivity contribution in [3.63, 3.8) is 0 Å². The third-order valence-corrected chi connectivity index (χ3v) is 5.68. The summed E-state index contributed by atoms with van der Waals surface area (Å²) in [6, 6.07) is 18.1. The Morgan fingerprint density at radius 2 is 1.61 bits per heavy atom. The zero-order valence-electron chi connectivity index (χ0n) is 19.4. The van der Waals surface area contributed by atoms with Crippen LogP contribution in [0.15, 0.2) is 60.7 Å². The minimum atomic E-state index is -1.28. The third-order valence-electron chi connectivity index (χ3n) is 5.68. The molecule has 4 atom stereocenters. The number of aliphatic hydroxyl groups excluding tert-OH is 1. The molecule has 178 valence electrons. The Morgan fingerprint density at radius 1 is 1.03 bits per heavy atom. The van der Waals surface area contributed by atoms with Crippen LogP contribution in [0.2, 0.25) is 0 Å². The first kappa shape index (κ1) is 24.7. The molecule has 0 radical (unpaired) electrons. The number of likely N-dealkylation sites (tertiary alicyclic amines) is 1. The highest BCUT2D eigenvalue weighted by molar-refractivity contribution is 5.72. The lowest BCUT2D eigenvalue weighted by molar-refractivity contribution is -0.147. The summed E-state index contributed by atoms with van der Waals surface area (Å²) >= 11 is 0. The smallest absolute Gasteiger partial charge is 0.410 e. The van der Waals surface area contributed by atoms with E-state index in [0.717, 1.165) is 11.1 Å². The molecule has 1 aliphatic heterocycles. The summed E-state index contributed by atoms with van der Waals surface area (Å²) in [5, 5.41) is 21.0. The molecule has 2 aromatic carbocycles. The lowest BCUT2D eigenvalue weighted by Gasteiger charge is -2.33. The van der Waals surface area contributed by atoms with Crippen LogP contribution in [0.4, 0.5) is 4.79 Å². The zero-order valence-corrected chi connectivity index (χ0v) is 19.4. The largest absolute Gasteiger partial charge is 0.481 e. The molecule has 0 saturated carbocycles. The number of hydrogen-bond donors (Lipinski definition) is 2. The number of carbonyl (C=O) groups is 2. The molecule has 2 N–H and O–H groups in total. The highest BCUT2D eigenvalue weighted by Crippen LogP contribution is 2.30. The van der Waals surface area contributed by atoms with Gasteiger partial charge in [0.05, 0.1) is 37.3 Å². The number of nitrogens with zero attached hydrogens (tertiary/aromatic N) is 1. The highest BCUT2D eigenvalue weighted by Gasteiger charge is 2.45. The second-order valence-corrected chi connectivity index (χ2v) is 9.48. The van der Waals surface area contributed by atoms with Crippen LogP contribution in [-0.4, -0.2) is 57.6 Å². The fourth-order valence-electron chi connectivity index (χ4n) is 4.08. The van der Waals surface area contributed by atoms with E-state index in [1.807, 2.05) is 60.7 Å². The van der Waals surface area contributed by atoms with Gasteiger partial charge in [0.1, 0.15) is 5.60 Å². The van der Waals surface area contributed by atoms with Crippen LogP contribution in [0.3, 0.4) is 0 Å². The molecule has 0 aliphatic carbocycles. The Balaban J connectivity index is 1.77. The van der Waals surface area contributed by atoms with E-state index >= 15 is 0 Å². The van der Waals surface area contributed by atoms with Crippen LogP contribution in [-0.2, 0) is 27.3 Å². The summed E-state index contributed by atoms with van der Waals surface area (Å²) in [5.41, 5.74) is 1.09. The number of aliphatic carboxylic acids is 1. The number of hydrogen-bond acceptors (Lipinski definition) is 5. The van der Waals surface area contributed by atoms with Gasteiger partial charge in [-0.3, -0.25) is 9.69 Å². The van der Waals surface area contributed by atoms with E-state index in [1.54, 1.807) is 20.8 Å². The summed E-state index contributed by atoms with van der Waals surface area (Å²) in [4.78, 5) is 26.4. The molecule has 7 heteroatoms. The maximum Gasteiger partial charge on any atom is 0.410 e.